The topological polar surface area (TPSA) is 34.4 Å². The van der Waals surface area contributed by atoms with E-state index in [4.69, 9.17) is 0 Å². The Balaban J connectivity index is 2.67. The second-order valence-corrected chi connectivity index (χ2v) is 6.65. The maximum atomic E-state index is 11.7. The zero-order chi connectivity index (χ0) is 9.47. The normalized spacial score (nSPS) is 12.2. The fraction of sp³-hybridized carbons (Fsp3) is 0.222. The van der Waals surface area contributed by atoms with Gasteiger partial charge in [0.25, 0.3) is 0 Å². The van der Waals surface area contributed by atoms with E-state index in [9.17, 15) is 4.57 Å². The van der Waals surface area contributed by atoms with Crippen molar-refractivity contribution in [1.82, 2.24) is 9.38 Å². The first-order valence-electron chi connectivity index (χ1n) is 4.06. The predicted molar refractivity (Wildman–Crippen MR) is 54.3 cm³/mol. The summed E-state index contributed by atoms with van der Waals surface area (Å²) in [7, 11) is -2.15. The van der Waals surface area contributed by atoms with Gasteiger partial charge in [0.1, 0.15) is 12.8 Å². The molecule has 0 N–H and O–H groups in total. The molecule has 0 aliphatic heterocycles. The molecule has 68 valence electrons. The predicted octanol–water partition coefficient (Wildman–Crippen LogP) is 1.58. The van der Waals surface area contributed by atoms with Crippen LogP contribution in [-0.2, 0) is 4.57 Å². The molecule has 3 nitrogen and oxygen atoms in total. The highest BCUT2D eigenvalue weighted by Crippen LogP contribution is 2.34. The van der Waals surface area contributed by atoms with Gasteiger partial charge in [0.15, 0.2) is 0 Å². The zero-order valence-electron chi connectivity index (χ0n) is 7.64. The van der Waals surface area contributed by atoms with Crippen molar-refractivity contribution in [2.75, 3.05) is 13.3 Å². The summed E-state index contributed by atoms with van der Waals surface area (Å²) >= 11 is 0. The molecule has 0 aliphatic carbocycles. The summed E-state index contributed by atoms with van der Waals surface area (Å²) < 4.78 is 13.6. The minimum absolute atomic E-state index is 0.886. The molecule has 0 aromatic carbocycles. The molecule has 0 unspecified atom stereocenters. The number of fused-ring (bicyclic) bond motifs is 1. The van der Waals surface area contributed by atoms with Crippen molar-refractivity contribution >= 4 is 18.1 Å². The lowest BCUT2D eigenvalue weighted by Gasteiger charge is -2.06. The number of nitrogens with zero attached hydrogens (tertiary/aromatic N) is 2. The van der Waals surface area contributed by atoms with Gasteiger partial charge in [0.05, 0.1) is 0 Å². The molecule has 0 fully saturated rings. The van der Waals surface area contributed by atoms with Crippen LogP contribution < -0.4 is 5.30 Å². The maximum absolute atomic E-state index is 11.7. The summed E-state index contributed by atoms with van der Waals surface area (Å²) in [5, 5.41) is 0.887. The van der Waals surface area contributed by atoms with Crippen LogP contribution in [0, 0.1) is 0 Å². The van der Waals surface area contributed by atoms with Crippen LogP contribution in [0.4, 0.5) is 0 Å². The van der Waals surface area contributed by atoms with Gasteiger partial charge in [-0.1, -0.05) is 0 Å². The highest BCUT2D eigenvalue weighted by atomic mass is 31.2. The summed E-state index contributed by atoms with van der Waals surface area (Å²) in [5.41, 5.74) is 0.886. The van der Waals surface area contributed by atoms with Gasteiger partial charge < -0.3 is 8.97 Å². The van der Waals surface area contributed by atoms with E-state index in [1.54, 1.807) is 19.5 Å². The Morgan fingerprint density at radius 2 is 2.15 bits per heavy atom. The minimum Gasteiger partial charge on any atom is -0.319 e. The number of pyridine rings is 1. The Hall–Kier alpha value is -1.08. The summed E-state index contributed by atoms with van der Waals surface area (Å²) in [6.45, 7) is 3.54. The first-order chi connectivity index (χ1) is 6.07. The van der Waals surface area contributed by atoms with Crippen LogP contribution in [0.3, 0.4) is 0 Å². The minimum atomic E-state index is -2.15. The molecule has 2 aromatic heterocycles. The first-order valence-corrected chi connectivity index (χ1v) is 6.66. The van der Waals surface area contributed by atoms with E-state index in [0.717, 1.165) is 11.0 Å². The van der Waals surface area contributed by atoms with Gasteiger partial charge in [-0.2, -0.15) is 0 Å². The van der Waals surface area contributed by atoms with Gasteiger partial charge in [-0.3, -0.25) is 0 Å². The van der Waals surface area contributed by atoms with E-state index >= 15 is 0 Å². The smallest absolute Gasteiger partial charge is 0.136 e. The number of hydrogen-bond acceptors (Lipinski definition) is 2. The standard InChI is InChI=1S/C9H11N2OP/c1-13(2,12)8-3-4-9-10-5-6-11(9)7-8/h3-7H,1-2H3. The van der Waals surface area contributed by atoms with Crippen LogP contribution in [-0.4, -0.2) is 22.7 Å². The Morgan fingerprint density at radius 3 is 2.85 bits per heavy atom. The molecule has 4 heteroatoms. The second kappa shape index (κ2) is 2.71. The van der Waals surface area contributed by atoms with Gasteiger partial charge in [-0.05, 0) is 25.5 Å². The van der Waals surface area contributed by atoms with Crippen molar-refractivity contribution in [3.8, 4) is 0 Å². The van der Waals surface area contributed by atoms with Crippen LogP contribution in [0.15, 0.2) is 30.7 Å². The molecule has 2 rings (SSSR count). The van der Waals surface area contributed by atoms with Crippen LogP contribution in [0.5, 0.6) is 0 Å². The Kier molecular flexibility index (Phi) is 1.77. The molecule has 13 heavy (non-hydrogen) atoms. The van der Waals surface area contributed by atoms with E-state index in [-0.39, 0.29) is 0 Å². The summed E-state index contributed by atoms with van der Waals surface area (Å²) in [5.74, 6) is 0. The van der Waals surface area contributed by atoms with Crippen LogP contribution in [0.25, 0.3) is 5.65 Å². The molecular weight excluding hydrogens is 183 g/mol. The lowest BCUT2D eigenvalue weighted by molar-refractivity contribution is 0.588. The fourth-order valence-electron chi connectivity index (χ4n) is 1.23. The van der Waals surface area contributed by atoms with Crippen LogP contribution >= 0.6 is 7.14 Å². The quantitative estimate of drug-likeness (QED) is 0.646. The summed E-state index contributed by atoms with van der Waals surface area (Å²) in [4.78, 5) is 4.12. The van der Waals surface area contributed by atoms with E-state index in [1.165, 1.54) is 0 Å². The van der Waals surface area contributed by atoms with Crippen molar-refractivity contribution in [3.05, 3.63) is 30.7 Å². The lowest BCUT2D eigenvalue weighted by atomic mass is 10.5. The van der Waals surface area contributed by atoms with Gasteiger partial charge in [-0.15, -0.1) is 0 Å². The van der Waals surface area contributed by atoms with E-state index < -0.39 is 7.14 Å². The molecule has 0 saturated heterocycles. The molecule has 0 radical (unpaired) electrons. The summed E-state index contributed by atoms with van der Waals surface area (Å²) in [6, 6.07) is 3.76. The average molecular weight is 194 g/mol. The zero-order valence-corrected chi connectivity index (χ0v) is 8.53. The largest absolute Gasteiger partial charge is 0.319 e. The third kappa shape index (κ3) is 1.52. The number of hydrogen-bond donors (Lipinski definition) is 0. The van der Waals surface area contributed by atoms with Crippen molar-refractivity contribution in [1.29, 1.82) is 0 Å². The van der Waals surface area contributed by atoms with Crippen molar-refractivity contribution in [3.63, 3.8) is 0 Å². The Labute approximate surface area is 76.8 Å². The lowest BCUT2D eigenvalue weighted by Crippen LogP contribution is -2.04. The fourth-order valence-corrected chi connectivity index (χ4v) is 2.06. The Bertz CT molecular complexity index is 483. The molecule has 0 bridgehead atoms. The van der Waals surface area contributed by atoms with Crippen molar-refractivity contribution in [2.24, 2.45) is 0 Å². The van der Waals surface area contributed by atoms with E-state index in [1.807, 2.05) is 28.9 Å². The second-order valence-electron chi connectivity index (χ2n) is 3.43. The SMILES string of the molecule is CP(C)(=O)c1ccc2nccn2c1. The summed E-state index contributed by atoms with van der Waals surface area (Å²) in [6.07, 6.45) is 5.47. The molecule has 2 aromatic rings. The van der Waals surface area contributed by atoms with Crippen molar-refractivity contribution < 1.29 is 4.57 Å². The van der Waals surface area contributed by atoms with E-state index in [2.05, 4.69) is 4.98 Å². The third-order valence-corrected chi connectivity index (χ3v) is 3.50. The van der Waals surface area contributed by atoms with Gasteiger partial charge in [0, 0.05) is 23.9 Å². The maximum Gasteiger partial charge on any atom is 0.136 e. The Morgan fingerprint density at radius 1 is 1.38 bits per heavy atom. The molecule has 0 saturated carbocycles. The molecule has 0 amide bonds. The highest BCUT2D eigenvalue weighted by Gasteiger charge is 2.10. The first kappa shape index (κ1) is 8.52. The highest BCUT2D eigenvalue weighted by molar-refractivity contribution is 7.70. The van der Waals surface area contributed by atoms with Gasteiger partial charge in [0.2, 0.25) is 0 Å². The number of rotatable bonds is 1. The molecule has 0 atom stereocenters. The number of imidazole rings is 1. The molecule has 2 heterocycles. The van der Waals surface area contributed by atoms with Crippen LogP contribution in [0.1, 0.15) is 0 Å². The molecule has 0 spiro atoms. The monoisotopic (exact) mass is 194 g/mol. The van der Waals surface area contributed by atoms with Crippen molar-refractivity contribution in [2.45, 2.75) is 0 Å². The average Bonchev–Trinajstić information content (AvgIpc) is 2.47. The number of aromatic nitrogens is 2. The van der Waals surface area contributed by atoms with E-state index in [0.29, 0.717) is 0 Å². The van der Waals surface area contributed by atoms with Gasteiger partial charge in [-0.25, -0.2) is 4.98 Å². The van der Waals surface area contributed by atoms with Crippen LogP contribution in [0.2, 0.25) is 0 Å². The molecule has 0 aliphatic rings. The van der Waals surface area contributed by atoms with Gasteiger partial charge >= 0.3 is 0 Å². The third-order valence-electron chi connectivity index (χ3n) is 1.99. The molecular formula is C9H11N2OP.